The Labute approximate surface area is 129 Å². The van der Waals surface area contributed by atoms with Crippen LogP contribution < -0.4 is 11.1 Å². The average Bonchev–Trinajstić information content (AvgIpc) is 2.94. The van der Waals surface area contributed by atoms with Crippen molar-refractivity contribution < 1.29 is 13.9 Å². The molecule has 0 fully saturated rings. The van der Waals surface area contributed by atoms with Crippen LogP contribution in [0.3, 0.4) is 0 Å². The second kappa shape index (κ2) is 7.31. The number of furan rings is 1. The minimum Gasteiger partial charge on any atom is -0.460 e. The number of hydrogen-bond donors (Lipinski definition) is 2. The molecule has 3 N–H and O–H groups in total. The van der Waals surface area contributed by atoms with Gasteiger partial charge < -0.3 is 20.2 Å². The van der Waals surface area contributed by atoms with E-state index in [9.17, 15) is 4.79 Å². The lowest BCUT2D eigenvalue weighted by molar-refractivity contribution is 0.0488. The van der Waals surface area contributed by atoms with Gasteiger partial charge in [0, 0.05) is 5.69 Å². The molecule has 2 aromatic rings. The second-order valence-corrected chi connectivity index (χ2v) is 4.68. The Morgan fingerprint density at radius 3 is 2.91 bits per heavy atom. The van der Waals surface area contributed by atoms with Crippen molar-refractivity contribution >= 4 is 17.6 Å². The van der Waals surface area contributed by atoms with Crippen LogP contribution in [0.2, 0.25) is 0 Å². The Morgan fingerprint density at radius 1 is 1.36 bits per heavy atom. The molecule has 116 valence electrons. The molecule has 0 saturated carbocycles. The number of rotatable bonds is 5. The first-order valence-electron chi connectivity index (χ1n) is 6.98. The van der Waals surface area contributed by atoms with Gasteiger partial charge in [-0.3, -0.25) is 0 Å². The minimum atomic E-state index is -0.483. The zero-order valence-corrected chi connectivity index (χ0v) is 12.6. The number of esters is 1. The molecule has 0 aliphatic heterocycles. The lowest BCUT2D eigenvalue weighted by Crippen LogP contribution is -2.22. The molecular weight excluding hydrogens is 282 g/mol. The topological polar surface area (TPSA) is 89.8 Å². The quantitative estimate of drug-likeness (QED) is 0.503. The summed E-state index contributed by atoms with van der Waals surface area (Å²) >= 11 is 0. The summed E-state index contributed by atoms with van der Waals surface area (Å²) in [5.41, 5.74) is 7.82. The van der Waals surface area contributed by atoms with E-state index in [-0.39, 0.29) is 18.3 Å². The third kappa shape index (κ3) is 4.37. The molecule has 0 aliphatic carbocycles. The third-order valence-electron chi connectivity index (χ3n) is 2.83. The Bertz CT molecular complexity index is 677. The fraction of sp³-hybridized carbons (Fsp3) is 0.250. The molecule has 1 heterocycles. The number of aliphatic imine (C=N–C) groups is 1. The molecule has 0 bridgehead atoms. The van der Waals surface area contributed by atoms with Crippen molar-refractivity contribution in [1.82, 2.24) is 0 Å². The summed E-state index contributed by atoms with van der Waals surface area (Å²) in [6, 6.07) is 11.0. The number of aryl methyl sites for hydroxylation is 1. The molecule has 2 rings (SSSR count). The Hall–Kier alpha value is -2.76. The summed E-state index contributed by atoms with van der Waals surface area (Å²) in [5.74, 6) is 0.498. The van der Waals surface area contributed by atoms with Crippen LogP contribution in [0, 0.1) is 6.92 Å². The molecule has 6 nitrogen and oxygen atoms in total. The molecular formula is C16H19N3O3. The highest BCUT2D eigenvalue weighted by molar-refractivity contribution is 5.92. The van der Waals surface area contributed by atoms with E-state index in [0.29, 0.717) is 12.4 Å². The highest BCUT2D eigenvalue weighted by Gasteiger charge is 2.11. The van der Waals surface area contributed by atoms with E-state index < -0.39 is 5.97 Å². The number of carbonyl (C=O) groups excluding carboxylic acids is 1. The predicted octanol–water partition coefficient (Wildman–Crippen LogP) is 2.69. The van der Waals surface area contributed by atoms with E-state index in [1.54, 1.807) is 19.1 Å². The highest BCUT2D eigenvalue weighted by Crippen LogP contribution is 2.11. The van der Waals surface area contributed by atoms with Crippen LogP contribution >= 0.6 is 0 Å². The van der Waals surface area contributed by atoms with Gasteiger partial charge in [0.1, 0.15) is 12.3 Å². The fourth-order valence-corrected chi connectivity index (χ4v) is 1.85. The maximum atomic E-state index is 11.5. The molecule has 0 aliphatic rings. The predicted molar refractivity (Wildman–Crippen MR) is 84.8 cm³/mol. The molecule has 1 aromatic carbocycles. The van der Waals surface area contributed by atoms with Crippen LogP contribution in [-0.2, 0) is 11.3 Å². The van der Waals surface area contributed by atoms with Crippen LogP contribution in [0.1, 0.15) is 28.8 Å². The van der Waals surface area contributed by atoms with Crippen molar-refractivity contribution in [1.29, 1.82) is 0 Å². The maximum absolute atomic E-state index is 11.5. The smallest absolute Gasteiger partial charge is 0.374 e. The van der Waals surface area contributed by atoms with Gasteiger partial charge in [0.2, 0.25) is 5.76 Å². The van der Waals surface area contributed by atoms with E-state index in [2.05, 4.69) is 10.3 Å². The third-order valence-corrected chi connectivity index (χ3v) is 2.83. The summed E-state index contributed by atoms with van der Waals surface area (Å²) in [5, 5.41) is 3.00. The monoisotopic (exact) mass is 301 g/mol. The molecule has 22 heavy (non-hydrogen) atoms. The van der Waals surface area contributed by atoms with Crippen molar-refractivity contribution in [3.8, 4) is 0 Å². The van der Waals surface area contributed by atoms with E-state index in [0.717, 1.165) is 11.3 Å². The minimum absolute atomic E-state index is 0.164. The summed E-state index contributed by atoms with van der Waals surface area (Å²) < 4.78 is 10.2. The van der Waals surface area contributed by atoms with Crippen LogP contribution in [0.4, 0.5) is 5.69 Å². The number of nitrogens with two attached hydrogens (primary N) is 1. The van der Waals surface area contributed by atoms with Gasteiger partial charge in [-0.1, -0.05) is 12.1 Å². The van der Waals surface area contributed by atoms with Gasteiger partial charge in [-0.25, -0.2) is 9.79 Å². The molecule has 0 saturated heterocycles. The SMILES string of the molecule is CCOC(=O)c1ccc(CN=C(N)Nc2cccc(C)c2)o1. The zero-order valence-electron chi connectivity index (χ0n) is 12.6. The molecule has 6 heteroatoms. The van der Waals surface area contributed by atoms with Crippen molar-refractivity contribution in [2.24, 2.45) is 10.7 Å². The normalized spacial score (nSPS) is 11.3. The van der Waals surface area contributed by atoms with Gasteiger partial charge in [-0.15, -0.1) is 0 Å². The molecule has 0 unspecified atom stereocenters. The van der Waals surface area contributed by atoms with Crippen LogP contribution in [-0.4, -0.2) is 18.5 Å². The Balaban J connectivity index is 1.95. The van der Waals surface area contributed by atoms with Gasteiger partial charge in [-0.05, 0) is 43.7 Å². The van der Waals surface area contributed by atoms with Gasteiger partial charge in [-0.2, -0.15) is 0 Å². The average molecular weight is 301 g/mol. The Kier molecular flexibility index (Phi) is 5.19. The number of guanidine groups is 1. The summed E-state index contributed by atoms with van der Waals surface area (Å²) in [6.07, 6.45) is 0. The molecule has 0 amide bonds. The molecule has 0 radical (unpaired) electrons. The largest absolute Gasteiger partial charge is 0.460 e. The standard InChI is InChI=1S/C16H19N3O3/c1-3-21-15(20)14-8-7-13(22-14)10-18-16(17)19-12-6-4-5-11(2)9-12/h4-9H,3,10H2,1-2H3,(H3,17,18,19). The second-order valence-electron chi connectivity index (χ2n) is 4.68. The molecule has 0 spiro atoms. The van der Waals surface area contributed by atoms with Crippen molar-refractivity contribution in [3.63, 3.8) is 0 Å². The van der Waals surface area contributed by atoms with Gasteiger partial charge in [0.25, 0.3) is 0 Å². The van der Waals surface area contributed by atoms with Crippen LogP contribution in [0.15, 0.2) is 45.8 Å². The lowest BCUT2D eigenvalue weighted by Gasteiger charge is -2.05. The maximum Gasteiger partial charge on any atom is 0.374 e. The summed E-state index contributed by atoms with van der Waals surface area (Å²) in [7, 11) is 0. The van der Waals surface area contributed by atoms with Gasteiger partial charge in [0.15, 0.2) is 5.96 Å². The van der Waals surface area contributed by atoms with Crippen LogP contribution in [0.25, 0.3) is 0 Å². The fourth-order valence-electron chi connectivity index (χ4n) is 1.85. The van der Waals surface area contributed by atoms with Gasteiger partial charge in [0.05, 0.1) is 6.61 Å². The number of hydrogen-bond acceptors (Lipinski definition) is 4. The number of anilines is 1. The van der Waals surface area contributed by atoms with Crippen molar-refractivity contribution in [3.05, 3.63) is 53.5 Å². The summed E-state index contributed by atoms with van der Waals surface area (Å²) in [6.45, 7) is 4.28. The summed E-state index contributed by atoms with van der Waals surface area (Å²) in [4.78, 5) is 15.7. The lowest BCUT2D eigenvalue weighted by atomic mass is 10.2. The first kappa shape index (κ1) is 15.6. The zero-order chi connectivity index (χ0) is 15.9. The number of ether oxygens (including phenoxy) is 1. The molecule has 1 aromatic heterocycles. The number of carbonyl (C=O) groups is 1. The van der Waals surface area contributed by atoms with Crippen molar-refractivity contribution in [2.45, 2.75) is 20.4 Å². The number of benzene rings is 1. The van der Waals surface area contributed by atoms with E-state index in [1.807, 2.05) is 31.2 Å². The van der Waals surface area contributed by atoms with E-state index in [1.165, 1.54) is 0 Å². The van der Waals surface area contributed by atoms with Gasteiger partial charge >= 0.3 is 5.97 Å². The van der Waals surface area contributed by atoms with Crippen molar-refractivity contribution in [2.75, 3.05) is 11.9 Å². The number of nitrogens with one attached hydrogen (secondary N) is 1. The first-order chi connectivity index (χ1) is 10.6. The Morgan fingerprint density at radius 2 is 2.18 bits per heavy atom. The van der Waals surface area contributed by atoms with E-state index >= 15 is 0 Å². The molecule has 0 atom stereocenters. The van der Waals surface area contributed by atoms with Crippen LogP contribution in [0.5, 0.6) is 0 Å². The first-order valence-corrected chi connectivity index (χ1v) is 6.98. The highest BCUT2D eigenvalue weighted by atomic mass is 16.5. The van der Waals surface area contributed by atoms with E-state index in [4.69, 9.17) is 14.9 Å². The number of nitrogens with zero attached hydrogens (tertiary/aromatic N) is 1.